The van der Waals surface area contributed by atoms with Crippen LogP contribution >= 0.6 is 0 Å². The van der Waals surface area contributed by atoms with Crippen molar-refractivity contribution in [2.75, 3.05) is 13.1 Å². The Morgan fingerprint density at radius 3 is 2.33 bits per heavy atom. The molecule has 1 aliphatic rings. The molecule has 1 heterocycles. The van der Waals surface area contributed by atoms with Gasteiger partial charge in [0, 0.05) is 6.54 Å². The topological polar surface area (TPSA) is 168 Å². The minimum atomic E-state index is -1.05. The number of carboxylic acid groups (broad SMARTS) is 1. The van der Waals surface area contributed by atoms with Crippen LogP contribution in [0.3, 0.4) is 0 Å². The Morgan fingerprint density at radius 2 is 1.77 bits per heavy atom. The fourth-order valence-corrected chi connectivity index (χ4v) is 3.57. The van der Waals surface area contributed by atoms with Crippen molar-refractivity contribution in [1.29, 1.82) is 0 Å². The fourth-order valence-electron chi connectivity index (χ4n) is 3.57. The molecule has 4 unspecified atom stereocenters. The highest BCUT2D eigenvalue weighted by atomic mass is 16.4. The number of carbonyl (C=O) groups excluding carboxylic acids is 3. The first-order chi connectivity index (χ1) is 14.1. The van der Waals surface area contributed by atoms with Gasteiger partial charge in [0.25, 0.3) is 0 Å². The van der Waals surface area contributed by atoms with Gasteiger partial charge in [-0.1, -0.05) is 13.8 Å². The van der Waals surface area contributed by atoms with Gasteiger partial charge in [-0.25, -0.2) is 4.79 Å². The zero-order valence-electron chi connectivity index (χ0n) is 18.2. The summed E-state index contributed by atoms with van der Waals surface area (Å²) in [5.41, 5.74) is 11.4. The Labute approximate surface area is 178 Å². The monoisotopic (exact) mass is 427 g/mol. The summed E-state index contributed by atoms with van der Waals surface area (Å²) in [6.07, 6.45) is 3.18. The molecule has 0 aromatic rings. The Balaban J connectivity index is 2.76. The molecule has 10 heteroatoms. The van der Waals surface area contributed by atoms with Gasteiger partial charge in [0.2, 0.25) is 17.7 Å². The molecule has 1 fully saturated rings. The molecule has 0 radical (unpaired) electrons. The largest absolute Gasteiger partial charge is 0.480 e. The molecule has 0 aromatic carbocycles. The van der Waals surface area contributed by atoms with E-state index in [-0.39, 0.29) is 5.92 Å². The summed E-state index contributed by atoms with van der Waals surface area (Å²) in [7, 11) is 0. The Morgan fingerprint density at radius 1 is 1.10 bits per heavy atom. The van der Waals surface area contributed by atoms with E-state index in [1.165, 1.54) is 11.8 Å². The lowest BCUT2D eigenvalue weighted by molar-refractivity contribution is -0.149. The van der Waals surface area contributed by atoms with Gasteiger partial charge in [-0.05, 0) is 57.9 Å². The zero-order valence-corrected chi connectivity index (χ0v) is 18.2. The predicted octanol–water partition coefficient (Wildman–Crippen LogP) is -0.446. The number of nitrogens with two attached hydrogens (primary N) is 2. The van der Waals surface area contributed by atoms with E-state index in [2.05, 4.69) is 10.6 Å². The van der Waals surface area contributed by atoms with E-state index in [0.29, 0.717) is 51.6 Å². The summed E-state index contributed by atoms with van der Waals surface area (Å²) < 4.78 is 0. The van der Waals surface area contributed by atoms with Gasteiger partial charge in [0.05, 0.1) is 6.04 Å². The van der Waals surface area contributed by atoms with E-state index >= 15 is 0 Å². The maximum absolute atomic E-state index is 12.8. The number of likely N-dealkylation sites (tertiary alicyclic amines) is 1. The number of hydrogen-bond donors (Lipinski definition) is 5. The van der Waals surface area contributed by atoms with Crippen LogP contribution in [-0.4, -0.2) is 71.0 Å². The molecule has 0 bridgehead atoms. The lowest BCUT2D eigenvalue weighted by Gasteiger charge is -2.27. The van der Waals surface area contributed by atoms with Crippen LogP contribution < -0.4 is 22.1 Å². The number of carbonyl (C=O) groups is 4. The summed E-state index contributed by atoms with van der Waals surface area (Å²) in [4.78, 5) is 50.4. The van der Waals surface area contributed by atoms with Crippen LogP contribution in [0.2, 0.25) is 0 Å². The predicted molar refractivity (Wildman–Crippen MR) is 112 cm³/mol. The number of amides is 3. The molecule has 172 valence electrons. The third kappa shape index (κ3) is 7.91. The molecule has 7 N–H and O–H groups in total. The van der Waals surface area contributed by atoms with Crippen LogP contribution in [0.1, 0.15) is 59.3 Å². The Bertz CT molecular complexity index is 612. The minimum absolute atomic E-state index is 0.232. The van der Waals surface area contributed by atoms with Crippen LogP contribution in [0.15, 0.2) is 0 Å². The average Bonchev–Trinajstić information content (AvgIpc) is 3.15. The van der Waals surface area contributed by atoms with Crippen LogP contribution in [0.5, 0.6) is 0 Å². The molecule has 3 amide bonds. The van der Waals surface area contributed by atoms with Gasteiger partial charge >= 0.3 is 5.97 Å². The van der Waals surface area contributed by atoms with Crippen molar-refractivity contribution in [1.82, 2.24) is 15.5 Å². The second-order valence-corrected chi connectivity index (χ2v) is 8.34. The minimum Gasteiger partial charge on any atom is -0.480 e. The number of aliphatic carboxylic acids is 1. The second kappa shape index (κ2) is 12.5. The molecule has 10 nitrogen and oxygen atoms in total. The van der Waals surface area contributed by atoms with E-state index in [0.717, 1.165) is 0 Å². The maximum atomic E-state index is 12.8. The first-order valence-electron chi connectivity index (χ1n) is 10.7. The van der Waals surface area contributed by atoms with Crippen LogP contribution in [0.4, 0.5) is 0 Å². The van der Waals surface area contributed by atoms with Crippen molar-refractivity contribution in [3.05, 3.63) is 0 Å². The summed E-state index contributed by atoms with van der Waals surface area (Å²) in [6.45, 7) is 6.23. The SMILES string of the molecule is CC(C)CC(N)C(=O)NC(CCCCN)C(=O)NC(C)C(=O)N1CCCC1C(=O)O. The third-order valence-corrected chi connectivity index (χ3v) is 5.19. The number of carboxylic acids is 1. The van der Waals surface area contributed by atoms with E-state index in [1.807, 2.05) is 13.8 Å². The highest BCUT2D eigenvalue weighted by Gasteiger charge is 2.36. The summed E-state index contributed by atoms with van der Waals surface area (Å²) >= 11 is 0. The van der Waals surface area contributed by atoms with Gasteiger partial charge in [-0.2, -0.15) is 0 Å². The Hall–Kier alpha value is -2.20. The van der Waals surface area contributed by atoms with Crippen molar-refractivity contribution in [2.45, 2.75) is 83.5 Å². The van der Waals surface area contributed by atoms with Crippen molar-refractivity contribution in [2.24, 2.45) is 17.4 Å². The normalized spacial score (nSPS) is 19.3. The lowest BCUT2D eigenvalue weighted by atomic mass is 10.0. The number of nitrogens with zero attached hydrogens (tertiary/aromatic N) is 1. The summed E-state index contributed by atoms with van der Waals surface area (Å²) in [6, 6.07) is -3.34. The van der Waals surface area contributed by atoms with Crippen molar-refractivity contribution >= 4 is 23.7 Å². The van der Waals surface area contributed by atoms with E-state index in [4.69, 9.17) is 11.5 Å². The molecular weight excluding hydrogens is 390 g/mol. The van der Waals surface area contributed by atoms with Gasteiger partial charge in [-0.15, -0.1) is 0 Å². The first kappa shape index (κ1) is 25.8. The van der Waals surface area contributed by atoms with E-state index in [9.17, 15) is 24.3 Å². The number of unbranched alkanes of at least 4 members (excludes halogenated alkanes) is 1. The van der Waals surface area contributed by atoms with Crippen molar-refractivity contribution in [3.8, 4) is 0 Å². The number of rotatable bonds is 12. The molecule has 1 saturated heterocycles. The molecule has 30 heavy (non-hydrogen) atoms. The lowest BCUT2D eigenvalue weighted by Crippen LogP contribution is -2.56. The van der Waals surface area contributed by atoms with Crippen LogP contribution in [0.25, 0.3) is 0 Å². The molecule has 0 aliphatic carbocycles. The van der Waals surface area contributed by atoms with Crippen LogP contribution in [0, 0.1) is 5.92 Å². The number of nitrogens with one attached hydrogen (secondary N) is 2. The molecule has 1 rings (SSSR count). The van der Waals surface area contributed by atoms with E-state index < -0.39 is 47.9 Å². The Kier molecular flexibility index (Phi) is 10.8. The molecule has 0 spiro atoms. The van der Waals surface area contributed by atoms with Gasteiger partial charge in [0.1, 0.15) is 18.1 Å². The fraction of sp³-hybridized carbons (Fsp3) is 0.800. The standard InChI is InChI=1S/C20H37N5O5/c1-12(2)11-14(22)17(26)24-15(7-4-5-9-21)18(27)23-13(3)19(28)25-10-6-8-16(25)20(29)30/h12-16H,4-11,21-22H2,1-3H3,(H,23,27)(H,24,26)(H,29,30). The quantitative estimate of drug-likeness (QED) is 0.263. The molecule has 4 atom stereocenters. The zero-order chi connectivity index (χ0) is 22.8. The summed E-state index contributed by atoms with van der Waals surface area (Å²) in [5, 5.41) is 14.6. The van der Waals surface area contributed by atoms with Gasteiger partial charge < -0.3 is 32.1 Å². The molecule has 1 aliphatic heterocycles. The van der Waals surface area contributed by atoms with E-state index in [1.54, 1.807) is 0 Å². The molecule has 0 saturated carbocycles. The van der Waals surface area contributed by atoms with Crippen LogP contribution in [-0.2, 0) is 19.2 Å². The molecule has 0 aromatic heterocycles. The number of hydrogen-bond acceptors (Lipinski definition) is 6. The third-order valence-electron chi connectivity index (χ3n) is 5.19. The van der Waals surface area contributed by atoms with Crippen molar-refractivity contribution < 1.29 is 24.3 Å². The van der Waals surface area contributed by atoms with Crippen molar-refractivity contribution in [3.63, 3.8) is 0 Å². The first-order valence-corrected chi connectivity index (χ1v) is 10.7. The average molecular weight is 428 g/mol. The second-order valence-electron chi connectivity index (χ2n) is 8.34. The highest BCUT2D eigenvalue weighted by molar-refractivity contribution is 5.94. The van der Waals surface area contributed by atoms with Gasteiger partial charge in [-0.3, -0.25) is 14.4 Å². The molecular formula is C20H37N5O5. The summed E-state index contributed by atoms with van der Waals surface area (Å²) in [5.74, 6) is -2.18. The highest BCUT2D eigenvalue weighted by Crippen LogP contribution is 2.18. The maximum Gasteiger partial charge on any atom is 0.326 e. The smallest absolute Gasteiger partial charge is 0.326 e. The van der Waals surface area contributed by atoms with Gasteiger partial charge in [0.15, 0.2) is 0 Å².